The standard InChI is InChI=1S/C23H25BrN4S/c1-4-13-27-22(21(26-23(27)29)19-10-7-8-12-25-19)17-14-15(2)28(16(17)3)20-11-6-5-9-18(20)24/h5-12,14,21-22H,4,13H2,1-3H3,(H,26,29)/t21-,22+/m1/s1. The van der Waals surface area contributed by atoms with Crippen LogP contribution in [0.4, 0.5) is 0 Å². The highest BCUT2D eigenvalue weighted by atomic mass is 79.9. The first-order valence-electron chi connectivity index (χ1n) is 9.94. The van der Waals surface area contributed by atoms with Crippen LogP contribution < -0.4 is 5.32 Å². The molecule has 0 unspecified atom stereocenters. The summed E-state index contributed by atoms with van der Waals surface area (Å²) in [4.78, 5) is 6.95. The molecule has 0 saturated carbocycles. The van der Waals surface area contributed by atoms with E-state index >= 15 is 0 Å². The number of benzene rings is 1. The molecule has 0 aliphatic carbocycles. The topological polar surface area (TPSA) is 33.1 Å². The summed E-state index contributed by atoms with van der Waals surface area (Å²) < 4.78 is 3.40. The Hall–Kier alpha value is -2.18. The Bertz CT molecular complexity index is 1030. The van der Waals surface area contributed by atoms with Crippen molar-refractivity contribution >= 4 is 33.3 Å². The lowest BCUT2D eigenvalue weighted by molar-refractivity contribution is 0.316. The molecule has 1 aliphatic heterocycles. The Morgan fingerprint density at radius 3 is 2.59 bits per heavy atom. The van der Waals surface area contributed by atoms with Crippen molar-refractivity contribution in [2.75, 3.05) is 6.54 Å². The van der Waals surface area contributed by atoms with Gasteiger partial charge in [-0.25, -0.2) is 0 Å². The van der Waals surface area contributed by atoms with Crippen LogP contribution >= 0.6 is 28.1 Å². The summed E-state index contributed by atoms with van der Waals surface area (Å²) in [7, 11) is 0. The Morgan fingerprint density at radius 1 is 1.14 bits per heavy atom. The van der Waals surface area contributed by atoms with Crippen molar-refractivity contribution < 1.29 is 0 Å². The lowest BCUT2D eigenvalue weighted by atomic mass is 9.96. The molecule has 1 aliphatic rings. The van der Waals surface area contributed by atoms with Gasteiger partial charge in [0.1, 0.15) is 0 Å². The van der Waals surface area contributed by atoms with Crippen LogP contribution in [0.2, 0.25) is 0 Å². The minimum absolute atomic E-state index is 0.0309. The number of hydrogen-bond donors (Lipinski definition) is 1. The van der Waals surface area contributed by atoms with Crippen LogP contribution in [0.3, 0.4) is 0 Å². The summed E-state index contributed by atoms with van der Waals surface area (Å²) in [5, 5.41) is 4.34. The zero-order valence-corrected chi connectivity index (χ0v) is 19.3. The van der Waals surface area contributed by atoms with E-state index in [0.29, 0.717) is 0 Å². The first kappa shape index (κ1) is 20.1. The van der Waals surface area contributed by atoms with E-state index in [2.05, 4.69) is 86.8 Å². The van der Waals surface area contributed by atoms with Gasteiger partial charge in [0.05, 0.1) is 23.5 Å². The van der Waals surface area contributed by atoms with E-state index in [-0.39, 0.29) is 12.1 Å². The molecule has 1 N–H and O–H groups in total. The second-order valence-corrected chi connectivity index (χ2v) is 8.67. The average Bonchev–Trinajstić information content (AvgIpc) is 3.19. The van der Waals surface area contributed by atoms with Crippen LogP contribution in [-0.2, 0) is 0 Å². The minimum Gasteiger partial charge on any atom is -0.352 e. The summed E-state index contributed by atoms with van der Waals surface area (Å²) in [6.45, 7) is 7.47. The first-order chi connectivity index (χ1) is 14.0. The SMILES string of the molecule is CCCN1C(=S)N[C@H](c2ccccn2)[C@@H]1c1cc(C)n(-c2ccccc2Br)c1C. The molecule has 1 saturated heterocycles. The van der Waals surface area contributed by atoms with Crippen LogP contribution in [0.15, 0.2) is 59.2 Å². The minimum atomic E-state index is 0.0309. The number of halogens is 1. The summed E-state index contributed by atoms with van der Waals surface area (Å²) in [6, 6.07) is 16.9. The molecular formula is C23H25BrN4S. The van der Waals surface area contributed by atoms with Gasteiger partial charge in [0, 0.05) is 28.6 Å². The van der Waals surface area contributed by atoms with E-state index in [0.717, 1.165) is 33.9 Å². The third-order valence-corrected chi connectivity index (χ3v) is 6.57. The number of aryl methyl sites for hydroxylation is 1. The number of nitrogens with zero attached hydrogens (tertiary/aromatic N) is 3. The molecular weight excluding hydrogens is 444 g/mol. The van der Waals surface area contributed by atoms with E-state index in [4.69, 9.17) is 12.2 Å². The van der Waals surface area contributed by atoms with Gasteiger partial charge in [0.2, 0.25) is 0 Å². The summed E-state index contributed by atoms with van der Waals surface area (Å²) in [5.41, 5.74) is 5.89. The monoisotopic (exact) mass is 468 g/mol. The van der Waals surface area contributed by atoms with Crippen LogP contribution in [0.25, 0.3) is 5.69 Å². The van der Waals surface area contributed by atoms with E-state index in [9.17, 15) is 0 Å². The fourth-order valence-corrected chi connectivity index (χ4v) is 5.11. The predicted octanol–water partition coefficient (Wildman–Crippen LogP) is 5.63. The molecule has 3 aromatic rings. The Kier molecular flexibility index (Phi) is 5.74. The van der Waals surface area contributed by atoms with Crippen molar-refractivity contribution in [2.45, 2.75) is 39.3 Å². The molecule has 29 heavy (non-hydrogen) atoms. The van der Waals surface area contributed by atoms with Crippen LogP contribution in [0.5, 0.6) is 0 Å². The number of para-hydroxylation sites is 1. The van der Waals surface area contributed by atoms with Gasteiger partial charge in [-0.2, -0.15) is 0 Å². The van der Waals surface area contributed by atoms with Gasteiger partial charge >= 0.3 is 0 Å². The number of aromatic nitrogens is 2. The Labute approximate surface area is 186 Å². The number of rotatable bonds is 5. The molecule has 2 aromatic heterocycles. The van der Waals surface area contributed by atoms with Gasteiger partial charge in [0.15, 0.2) is 5.11 Å². The van der Waals surface area contributed by atoms with Gasteiger partial charge < -0.3 is 14.8 Å². The molecule has 1 aromatic carbocycles. The predicted molar refractivity (Wildman–Crippen MR) is 125 cm³/mol. The lowest BCUT2D eigenvalue weighted by Gasteiger charge is -2.27. The molecule has 0 amide bonds. The van der Waals surface area contributed by atoms with Crippen molar-refractivity contribution in [1.82, 2.24) is 19.8 Å². The highest BCUT2D eigenvalue weighted by Gasteiger charge is 2.40. The smallest absolute Gasteiger partial charge is 0.170 e. The number of hydrogen-bond acceptors (Lipinski definition) is 2. The molecule has 6 heteroatoms. The van der Waals surface area contributed by atoms with E-state index in [1.807, 2.05) is 24.4 Å². The third kappa shape index (κ3) is 3.60. The number of nitrogens with one attached hydrogen (secondary N) is 1. The molecule has 3 heterocycles. The molecule has 4 nitrogen and oxygen atoms in total. The summed E-state index contributed by atoms with van der Waals surface area (Å²) in [5.74, 6) is 0. The third-order valence-electron chi connectivity index (χ3n) is 5.54. The summed E-state index contributed by atoms with van der Waals surface area (Å²) >= 11 is 9.44. The fourth-order valence-electron chi connectivity index (χ4n) is 4.32. The molecule has 4 rings (SSSR count). The maximum Gasteiger partial charge on any atom is 0.170 e. The van der Waals surface area contributed by atoms with Crippen LogP contribution in [-0.4, -0.2) is 26.1 Å². The number of thiocarbonyl (C=S) groups is 1. The fraction of sp³-hybridized carbons (Fsp3) is 0.304. The molecule has 2 atom stereocenters. The van der Waals surface area contributed by atoms with Gasteiger partial charge in [-0.3, -0.25) is 4.98 Å². The molecule has 1 fully saturated rings. The second-order valence-electron chi connectivity index (χ2n) is 7.43. The van der Waals surface area contributed by atoms with Crippen molar-refractivity contribution in [3.05, 3.63) is 81.8 Å². The van der Waals surface area contributed by atoms with Crippen molar-refractivity contribution in [3.63, 3.8) is 0 Å². The largest absolute Gasteiger partial charge is 0.352 e. The van der Waals surface area contributed by atoms with E-state index in [1.165, 1.54) is 17.0 Å². The quantitative estimate of drug-likeness (QED) is 0.491. The maximum atomic E-state index is 5.73. The van der Waals surface area contributed by atoms with Gasteiger partial charge in [-0.1, -0.05) is 25.1 Å². The van der Waals surface area contributed by atoms with E-state index < -0.39 is 0 Å². The van der Waals surface area contributed by atoms with Gasteiger partial charge in [-0.15, -0.1) is 0 Å². The number of pyridine rings is 1. The van der Waals surface area contributed by atoms with Gasteiger partial charge in [-0.05, 0) is 84.3 Å². The maximum absolute atomic E-state index is 5.73. The Balaban J connectivity index is 1.85. The average molecular weight is 469 g/mol. The van der Waals surface area contributed by atoms with Crippen LogP contribution in [0, 0.1) is 13.8 Å². The molecule has 150 valence electrons. The zero-order chi connectivity index (χ0) is 20.5. The molecule has 0 bridgehead atoms. The summed E-state index contributed by atoms with van der Waals surface area (Å²) in [6.07, 6.45) is 2.89. The zero-order valence-electron chi connectivity index (χ0n) is 16.9. The van der Waals surface area contributed by atoms with Crippen molar-refractivity contribution in [2.24, 2.45) is 0 Å². The highest BCUT2D eigenvalue weighted by molar-refractivity contribution is 9.10. The first-order valence-corrected chi connectivity index (χ1v) is 11.1. The second kappa shape index (κ2) is 8.28. The van der Waals surface area contributed by atoms with Crippen molar-refractivity contribution in [3.8, 4) is 5.69 Å². The highest BCUT2D eigenvalue weighted by Crippen LogP contribution is 2.41. The molecule has 0 spiro atoms. The van der Waals surface area contributed by atoms with Crippen LogP contribution in [0.1, 0.15) is 48.1 Å². The Morgan fingerprint density at radius 2 is 1.90 bits per heavy atom. The lowest BCUT2D eigenvalue weighted by Crippen LogP contribution is -2.30. The normalized spacial score (nSPS) is 18.9. The van der Waals surface area contributed by atoms with Gasteiger partial charge in [0.25, 0.3) is 0 Å². The van der Waals surface area contributed by atoms with E-state index in [1.54, 1.807) is 0 Å². The molecule has 0 radical (unpaired) electrons. The van der Waals surface area contributed by atoms with Crippen molar-refractivity contribution in [1.29, 1.82) is 0 Å².